The number of anilines is 1. The van der Waals surface area contributed by atoms with E-state index in [4.69, 9.17) is 21.7 Å². The molecular weight excluding hydrogens is 488 g/mol. The molecule has 0 saturated heterocycles. The van der Waals surface area contributed by atoms with Gasteiger partial charge in [0.25, 0.3) is 5.91 Å². The fourth-order valence-corrected chi connectivity index (χ4v) is 5.20. The number of benzene rings is 1. The zero-order valence-corrected chi connectivity index (χ0v) is 20.0. The molecule has 1 amide bonds. The van der Waals surface area contributed by atoms with Gasteiger partial charge in [-0.1, -0.05) is 22.9 Å². The molecule has 1 aliphatic carbocycles. The predicted molar refractivity (Wildman–Crippen MR) is 126 cm³/mol. The highest BCUT2D eigenvalue weighted by atomic mass is 79.9. The summed E-state index contributed by atoms with van der Waals surface area (Å²) in [5.41, 5.74) is 1.92. The molecule has 0 unspecified atom stereocenters. The van der Waals surface area contributed by atoms with E-state index < -0.39 is 5.97 Å². The van der Waals surface area contributed by atoms with Crippen molar-refractivity contribution < 1.29 is 19.1 Å². The van der Waals surface area contributed by atoms with E-state index in [2.05, 4.69) is 26.6 Å². The maximum absolute atomic E-state index is 12.8. The van der Waals surface area contributed by atoms with Gasteiger partial charge in [0, 0.05) is 9.35 Å². The largest absolute Gasteiger partial charge is 0.493 e. The Balaban J connectivity index is 1.78. The van der Waals surface area contributed by atoms with Gasteiger partial charge in [-0.05, 0) is 68.1 Å². The molecule has 2 aromatic rings. The fourth-order valence-electron chi connectivity index (χ4n) is 3.29. The van der Waals surface area contributed by atoms with Crippen molar-refractivity contribution in [1.82, 2.24) is 5.32 Å². The third-order valence-corrected chi connectivity index (χ3v) is 6.57. The van der Waals surface area contributed by atoms with Gasteiger partial charge in [0.2, 0.25) is 0 Å². The van der Waals surface area contributed by atoms with Gasteiger partial charge in [-0.25, -0.2) is 4.79 Å². The first-order valence-corrected chi connectivity index (χ1v) is 11.7. The molecule has 0 bridgehead atoms. The third-order valence-electron chi connectivity index (χ3n) is 4.66. The van der Waals surface area contributed by atoms with Crippen molar-refractivity contribution in [2.45, 2.75) is 39.0 Å². The number of rotatable bonds is 6. The van der Waals surface area contributed by atoms with Crippen molar-refractivity contribution in [3.8, 4) is 5.75 Å². The van der Waals surface area contributed by atoms with Crippen molar-refractivity contribution in [2.75, 3.05) is 19.0 Å². The number of halogens is 1. The molecule has 160 valence electrons. The summed E-state index contributed by atoms with van der Waals surface area (Å²) in [6.07, 6.45) is 4.74. The number of nitrogens with one attached hydrogen (secondary N) is 2. The van der Waals surface area contributed by atoms with E-state index in [1.165, 1.54) is 23.3 Å². The lowest BCUT2D eigenvalue weighted by molar-refractivity contribution is 0.0601. The Morgan fingerprint density at radius 3 is 2.77 bits per heavy atom. The average molecular weight is 511 g/mol. The van der Waals surface area contributed by atoms with Crippen LogP contribution in [0.2, 0.25) is 0 Å². The lowest BCUT2D eigenvalue weighted by Crippen LogP contribution is -2.34. The lowest BCUT2D eigenvalue weighted by Gasteiger charge is -2.14. The van der Waals surface area contributed by atoms with E-state index in [1.54, 1.807) is 12.1 Å². The van der Waals surface area contributed by atoms with Crippen LogP contribution in [-0.2, 0) is 17.6 Å². The van der Waals surface area contributed by atoms with Crippen LogP contribution in [0, 0.1) is 0 Å². The summed E-state index contributed by atoms with van der Waals surface area (Å²) in [6.45, 7) is 2.50. The van der Waals surface area contributed by atoms with Crippen LogP contribution >= 0.6 is 39.5 Å². The highest BCUT2D eigenvalue weighted by molar-refractivity contribution is 9.10. The SMILES string of the molecule is CCCOc1ccc(Br)cc1C(=O)NC(=S)Nc1sc2c(c1C(=O)OC)CCCC2. The van der Waals surface area contributed by atoms with Crippen LogP contribution in [0.4, 0.5) is 5.00 Å². The number of aryl methyl sites for hydroxylation is 1. The Bertz CT molecular complexity index is 974. The van der Waals surface area contributed by atoms with Gasteiger partial charge in [-0.2, -0.15) is 0 Å². The van der Waals surface area contributed by atoms with Gasteiger partial charge in [-0.3, -0.25) is 10.1 Å². The van der Waals surface area contributed by atoms with Crippen molar-refractivity contribution in [3.63, 3.8) is 0 Å². The number of amides is 1. The van der Waals surface area contributed by atoms with Crippen LogP contribution in [0.5, 0.6) is 5.75 Å². The first-order valence-electron chi connectivity index (χ1n) is 9.72. The standard InChI is InChI=1S/C21H23BrN2O4S2/c1-3-10-28-15-9-8-12(22)11-14(15)18(25)23-21(29)24-19-17(20(26)27-2)13-6-4-5-7-16(13)30-19/h8-9,11H,3-7,10H2,1-2H3,(H2,23,24,25,29). The summed E-state index contributed by atoms with van der Waals surface area (Å²) in [7, 11) is 1.37. The molecule has 1 heterocycles. The van der Waals surface area contributed by atoms with Gasteiger partial charge in [0.1, 0.15) is 10.8 Å². The number of fused-ring (bicyclic) bond motifs is 1. The molecule has 3 rings (SSSR count). The summed E-state index contributed by atoms with van der Waals surface area (Å²) < 4.78 is 11.4. The van der Waals surface area contributed by atoms with Gasteiger partial charge in [0.15, 0.2) is 5.11 Å². The molecule has 0 spiro atoms. The second-order valence-electron chi connectivity index (χ2n) is 6.80. The van der Waals surface area contributed by atoms with E-state index in [9.17, 15) is 9.59 Å². The Morgan fingerprint density at radius 1 is 1.27 bits per heavy atom. The third kappa shape index (κ3) is 5.19. The average Bonchev–Trinajstić information content (AvgIpc) is 3.09. The Hall–Kier alpha value is -1.97. The molecule has 1 aliphatic rings. The molecule has 9 heteroatoms. The van der Waals surface area contributed by atoms with Crippen molar-refractivity contribution in [1.29, 1.82) is 0 Å². The van der Waals surface area contributed by atoms with Crippen LogP contribution in [0.1, 0.15) is 57.3 Å². The zero-order valence-electron chi connectivity index (χ0n) is 16.8. The Labute approximate surface area is 193 Å². The van der Waals surface area contributed by atoms with Crippen LogP contribution in [0.3, 0.4) is 0 Å². The second-order valence-corrected chi connectivity index (χ2v) is 9.23. The first-order chi connectivity index (χ1) is 14.4. The number of carbonyl (C=O) groups excluding carboxylic acids is 2. The maximum atomic E-state index is 12.8. The van der Waals surface area contributed by atoms with Crippen molar-refractivity contribution in [2.24, 2.45) is 0 Å². The molecule has 0 fully saturated rings. The van der Waals surface area contributed by atoms with Crippen LogP contribution in [0.15, 0.2) is 22.7 Å². The van der Waals surface area contributed by atoms with Crippen molar-refractivity contribution in [3.05, 3.63) is 44.2 Å². The van der Waals surface area contributed by atoms with Crippen molar-refractivity contribution >= 4 is 61.5 Å². The van der Waals surface area contributed by atoms with Gasteiger partial charge >= 0.3 is 5.97 Å². The number of esters is 1. The Morgan fingerprint density at radius 2 is 2.03 bits per heavy atom. The number of hydrogen-bond donors (Lipinski definition) is 2. The number of ether oxygens (including phenoxy) is 2. The van der Waals surface area contributed by atoms with E-state index in [0.29, 0.717) is 28.5 Å². The number of methoxy groups -OCH3 is 1. The topological polar surface area (TPSA) is 76.7 Å². The summed E-state index contributed by atoms with van der Waals surface area (Å²) >= 11 is 10.2. The van der Waals surface area contributed by atoms with Crippen LogP contribution in [0.25, 0.3) is 0 Å². The summed E-state index contributed by atoms with van der Waals surface area (Å²) in [4.78, 5) is 26.4. The Kier molecular flexibility index (Phi) is 7.85. The van der Waals surface area contributed by atoms with Gasteiger partial charge < -0.3 is 14.8 Å². The summed E-state index contributed by atoms with van der Waals surface area (Å²) in [6, 6.07) is 5.25. The molecule has 0 aliphatic heterocycles. The minimum atomic E-state index is -0.395. The molecule has 2 N–H and O–H groups in total. The number of carbonyl (C=O) groups is 2. The van der Waals surface area contributed by atoms with E-state index in [1.807, 2.05) is 13.0 Å². The highest BCUT2D eigenvalue weighted by Crippen LogP contribution is 2.38. The monoisotopic (exact) mass is 510 g/mol. The van der Waals surface area contributed by atoms with E-state index >= 15 is 0 Å². The summed E-state index contributed by atoms with van der Waals surface area (Å²) in [5.74, 6) is -0.295. The second kappa shape index (κ2) is 10.4. The van der Waals surface area contributed by atoms with E-state index in [-0.39, 0.29) is 11.0 Å². The minimum Gasteiger partial charge on any atom is -0.493 e. The highest BCUT2D eigenvalue weighted by Gasteiger charge is 2.27. The molecule has 1 aromatic heterocycles. The van der Waals surface area contributed by atoms with Gasteiger partial charge in [0.05, 0.1) is 24.8 Å². The fraction of sp³-hybridized carbons (Fsp3) is 0.381. The molecule has 1 aromatic carbocycles. The van der Waals surface area contributed by atoms with Gasteiger partial charge in [-0.15, -0.1) is 11.3 Å². The van der Waals surface area contributed by atoms with Crippen LogP contribution < -0.4 is 15.4 Å². The molecule has 30 heavy (non-hydrogen) atoms. The minimum absolute atomic E-state index is 0.116. The van der Waals surface area contributed by atoms with Crippen LogP contribution in [-0.4, -0.2) is 30.7 Å². The molecule has 6 nitrogen and oxygen atoms in total. The lowest BCUT2D eigenvalue weighted by atomic mass is 9.95. The quantitative estimate of drug-likeness (QED) is 0.416. The molecule has 0 saturated carbocycles. The maximum Gasteiger partial charge on any atom is 0.341 e. The smallest absolute Gasteiger partial charge is 0.341 e. The number of thiocarbonyl (C=S) groups is 1. The molecule has 0 radical (unpaired) electrons. The van der Waals surface area contributed by atoms with E-state index in [0.717, 1.165) is 42.1 Å². The molecule has 0 atom stereocenters. The summed E-state index contributed by atoms with van der Waals surface area (Å²) in [5, 5.41) is 6.44. The zero-order chi connectivity index (χ0) is 21.7. The predicted octanol–water partition coefficient (Wildman–Crippen LogP) is 5.09. The first kappa shape index (κ1) is 22.7. The number of hydrogen-bond acceptors (Lipinski definition) is 6. The number of thiophene rings is 1. The molecular formula is C21H23BrN2O4S2. The normalized spacial score (nSPS) is 12.6.